The predicted octanol–water partition coefficient (Wildman–Crippen LogP) is 3.94. The van der Waals surface area contributed by atoms with E-state index in [2.05, 4.69) is 17.6 Å². The molecule has 1 aliphatic heterocycles. The smallest absolute Gasteiger partial charge is 0.244 e. The topological polar surface area (TPSA) is 58.2 Å². The Kier molecular flexibility index (Phi) is 6.36. The van der Waals surface area contributed by atoms with Crippen molar-refractivity contribution in [3.63, 3.8) is 0 Å². The lowest BCUT2D eigenvalue weighted by atomic mass is 9.70. The summed E-state index contributed by atoms with van der Waals surface area (Å²) in [6.45, 7) is 2.18. The summed E-state index contributed by atoms with van der Waals surface area (Å²) in [5.74, 6) is 1.10. The maximum Gasteiger partial charge on any atom is 0.244 e. The van der Waals surface area contributed by atoms with E-state index in [1.54, 1.807) is 12.1 Å². The van der Waals surface area contributed by atoms with Gasteiger partial charge in [-0.25, -0.2) is 0 Å². The van der Waals surface area contributed by atoms with Gasteiger partial charge in [0.05, 0.1) is 0 Å². The standard InChI is InChI=1S/C21H27ClN2O2/c1-2-5-15-12-21(26)24-19-13-16(9-10-17(15)19)23-20(25)11-8-14-6-3-4-7-18(14)22/h3-4,6-8,11,15-17,19H,2,5,9-10,12-13H2,1H3,(H,23,25)(H,24,26)/b11-8+. The first-order valence-electron chi connectivity index (χ1n) is 9.59. The molecule has 4 unspecified atom stereocenters. The molecule has 1 aromatic carbocycles. The van der Waals surface area contributed by atoms with Gasteiger partial charge in [0.25, 0.3) is 0 Å². The molecule has 1 heterocycles. The van der Waals surface area contributed by atoms with Gasteiger partial charge in [-0.3, -0.25) is 9.59 Å². The highest BCUT2D eigenvalue weighted by Crippen LogP contribution is 2.37. The molecule has 5 heteroatoms. The van der Waals surface area contributed by atoms with E-state index >= 15 is 0 Å². The lowest BCUT2D eigenvalue weighted by Crippen LogP contribution is -2.55. The zero-order valence-electron chi connectivity index (χ0n) is 15.2. The molecule has 1 aromatic rings. The summed E-state index contributed by atoms with van der Waals surface area (Å²) in [4.78, 5) is 24.3. The summed E-state index contributed by atoms with van der Waals surface area (Å²) in [5, 5.41) is 6.86. The van der Waals surface area contributed by atoms with Crippen LogP contribution in [0.15, 0.2) is 30.3 Å². The van der Waals surface area contributed by atoms with Crippen molar-refractivity contribution < 1.29 is 9.59 Å². The average Bonchev–Trinajstić information content (AvgIpc) is 2.61. The first-order valence-corrected chi connectivity index (χ1v) is 9.97. The third-order valence-corrected chi connectivity index (χ3v) is 5.97. The Balaban J connectivity index is 1.56. The van der Waals surface area contributed by atoms with Crippen LogP contribution in [0.4, 0.5) is 0 Å². The molecule has 26 heavy (non-hydrogen) atoms. The van der Waals surface area contributed by atoms with Crippen LogP contribution in [0.1, 0.15) is 51.0 Å². The highest BCUT2D eigenvalue weighted by atomic mass is 35.5. The number of carbonyl (C=O) groups excluding carboxylic acids is 2. The molecule has 2 fully saturated rings. The number of amides is 2. The summed E-state index contributed by atoms with van der Waals surface area (Å²) >= 11 is 6.11. The number of hydrogen-bond acceptors (Lipinski definition) is 2. The van der Waals surface area contributed by atoms with Crippen LogP contribution in [-0.2, 0) is 9.59 Å². The maximum atomic E-state index is 12.3. The number of carbonyl (C=O) groups is 2. The Morgan fingerprint density at radius 2 is 2.15 bits per heavy atom. The van der Waals surface area contributed by atoms with Crippen molar-refractivity contribution in [1.82, 2.24) is 10.6 Å². The van der Waals surface area contributed by atoms with Gasteiger partial charge in [0.1, 0.15) is 0 Å². The van der Waals surface area contributed by atoms with Gasteiger partial charge in [0.2, 0.25) is 11.8 Å². The minimum atomic E-state index is -0.111. The van der Waals surface area contributed by atoms with E-state index in [0.29, 0.717) is 23.3 Å². The quantitative estimate of drug-likeness (QED) is 0.767. The highest BCUT2D eigenvalue weighted by Gasteiger charge is 2.40. The van der Waals surface area contributed by atoms with Crippen molar-refractivity contribution in [3.05, 3.63) is 40.9 Å². The molecule has 0 radical (unpaired) electrons. The molecule has 0 aromatic heterocycles. The SMILES string of the molecule is CCCC1CC(=O)NC2CC(NC(=O)/C=C/c3ccccc3Cl)CCC12. The second kappa shape index (κ2) is 8.72. The van der Waals surface area contributed by atoms with Crippen LogP contribution in [0.3, 0.4) is 0 Å². The normalized spacial score (nSPS) is 28.5. The number of nitrogens with one attached hydrogen (secondary N) is 2. The second-order valence-electron chi connectivity index (χ2n) is 7.46. The van der Waals surface area contributed by atoms with Gasteiger partial charge < -0.3 is 10.6 Å². The van der Waals surface area contributed by atoms with Gasteiger partial charge in [0.15, 0.2) is 0 Å². The molecule has 4 atom stereocenters. The van der Waals surface area contributed by atoms with Crippen LogP contribution in [0.5, 0.6) is 0 Å². The van der Waals surface area contributed by atoms with E-state index in [1.165, 1.54) is 6.08 Å². The van der Waals surface area contributed by atoms with Gasteiger partial charge in [-0.2, -0.15) is 0 Å². The monoisotopic (exact) mass is 374 g/mol. The fraction of sp³-hybridized carbons (Fsp3) is 0.524. The Hall–Kier alpha value is -1.81. The zero-order valence-corrected chi connectivity index (χ0v) is 16.0. The van der Waals surface area contributed by atoms with Crippen molar-refractivity contribution >= 4 is 29.5 Å². The third kappa shape index (κ3) is 4.67. The number of halogens is 1. The molecular weight excluding hydrogens is 348 g/mol. The molecule has 0 spiro atoms. The Morgan fingerprint density at radius 1 is 1.35 bits per heavy atom. The largest absolute Gasteiger partial charge is 0.353 e. The first kappa shape index (κ1) is 19.0. The highest BCUT2D eigenvalue weighted by molar-refractivity contribution is 6.32. The van der Waals surface area contributed by atoms with Gasteiger partial charge >= 0.3 is 0 Å². The minimum absolute atomic E-state index is 0.111. The minimum Gasteiger partial charge on any atom is -0.353 e. The molecule has 1 aliphatic carbocycles. The van der Waals surface area contributed by atoms with E-state index in [9.17, 15) is 9.59 Å². The molecule has 2 amide bonds. The van der Waals surface area contributed by atoms with Crippen LogP contribution in [-0.4, -0.2) is 23.9 Å². The fourth-order valence-electron chi connectivity index (χ4n) is 4.42. The number of rotatable bonds is 5. The van der Waals surface area contributed by atoms with E-state index < -0.39 is 0 Å². The number of benzene rings is 1. The molecular formula is C21H27ClN2O2. The second-order valence-corrected chi connectivity index (χ2v) is 7.87. The fourth-order valence-corrected chi connectivity index (χ4v) is 4.62. The van der Waals surface area contributed by atoms with Gasteiger partial charge in [0, 0.05) is 29.6 Å². The molecule has 1 saturated carbocycles. The van der Waals surface area contributed by atoms with Crippen molar-refractivity contribution in [2.75, 3.05) is 0 Å². The maximum absolute atomic E-state index is 12.3. The molecule has 2 N–H and O–H groups in total. The van der Waals surface area contributed by atoms with Crippen molar-refractivity contribution in [2.45, 2.75) is 57.5 Å². The summed E-state index contributed by atoms with van der Waals surface area (Å²) in [5.41, 5.74) is 0.829. The summed E-state index contributed by atoms with van der Waals surface area (Å²) < 4.78 is 0. The van der Waals surface area contributed by atoms with Gasteiger partial charge in [-0.05, 0) is 55.2 Å². The number of hydrogen-bond donors (Lipinski definition) is 2. The van der Waals surface area contributed by atoms with Crippen LogP contribution >= 0.6 is 11.6 Å². The lowest BCUT2D eigenvalue weighted by molar-refractivity contribution is -0.127. The van der Waals surface area contributed by atoms with Crippen LogP contribution in [0.25, 0.3) is 6.08 Å². The van der Waals surface area contributed by atoms with Crippen LogP contribution in [0, 0.1) is 11.8 Å². The van der Waals surface area contributed by atoms with Crippen molar-refractivity contribution in [3.8, 4) is 0 Å². The van der Waals surface area contributed by atoms with Crippen molar-refractivity contribution in [2.24, 2.45) is 11.8 Å². The van der Waals surface area contributed by atoms with Gasteiger partial charge in [-0.1, -0.05) is 43.1 Å². The Bertz CT molecular complexity index is 688. The Morgan fingerprint density at radius 3 is 2.92 bits per heavy atom. The zero-order chi connectivity index (χ0) is 18.5. The first-order chi connectivity index (χ1) is 12.6. The number of piperidine rings is 1. The molecule has 1 saturated heterocycles. The summed E-state index contributed by atoms with van der Waals surface area (Å²) in [6.07, 6.45) is 9.03. The predicted molar refractivity (Wildman–Crippen MR) is 105 cm³/mol. The molecule has 4 nitrogen and oxygen atoms in total. The molecule has 2 aliphatic rings. The lowest BCUT2D eigenvalue weighted by Gasteiger charge is -2.44. The molecule has 0 bridgehead atoms. The molecule has 140 valence electrons. The van der Waals surface area contributed by atoms with E-state index in [4.69, 9.17) is 11.6 Å². The third-order valence-electron chi connectivity index (χ3n) is 5.63. The van der Waals surface area contributed by atoms with Crippen LogP contribution < -0.4 is 10.6 Å². The van der Waals surface area contributed by atoms with Crippen LogP contribution in [0.2, 0.25) is 5.02 Å². The average molecular weight is 375 g/mol. The number of fused-ring (bicyclic) bond motifs is 1. The van der Waals surface area contributed by atoms with Gasteiger partial charge in [-0.15, -0.1) is 0 Å². The molecule has 3 rings (SSSR count). The summed E-state index contributed by atoms with van der Waals surface area (Å²) in [6, 6.07) is 7.74. The van der Waals surface area contributed by atoms with E-state index in [0.717, 1.165) is 37.7 Å². The summed E-state index contributed by atoms with van der Waals surface area (Å²) in [7, 11) is 0. The van der Waals surface area contributed by atoms with E-state index in [1.807, 2.05) is 18.2 Å². The Labute approximate surface area is 160 Å². The van der Waals surface area contributed by atoms with Crippen molar-refractivity contribution in [1.29, 1.82) is 0 Å². The van der Waals surface area contributed by atoms with E-state index in [-0.39, 0.29) is 23.9 Å².